The van der Waals surface area contributed by atoms with Crippen molar-refractivity contribution in [3.8, 4) is 0 Å². The third kappa shape index (κ3) is 0.878. The van der Waals surface area contributed by atoms with Gasteiger partial charge in [-0.25, -0.2) is 9.97 Å². The zero-order valence-corrected chi connectivity index (χ0v) is 7.79. The van der Waals surface area contributed by atoms with Crippen molar-refractivity contribution in [1.82, 2.24) is 19.5 Å². The van der Waals surface area contributed by atoms with Crippen LogP contribution in [0, 0.1) is 0 Å². The highest BCUT2D eigenvalue weighted by Crippen LogP contribution is 2.12. The Kier molecular flexibility index (Phi) is 1.50. The van der Waals surface area contributed by atoms with E-state index in [1.54, 1.807) is 11.6 Å². The summed E-state index contributed by atoms with van der Waals surface area (Å²) in [4.78, 5) is 21.6. The molecule has 1 N–H and O–H groups in total. The topological polar surface area (TPSA) is 63.6 Å². The van der Waals surface area contributed by atoms with Crippen LogP contribution in [0.2, 0.25) is 0 Å². The van der Waals surface area contributed by atoms with Gasteiger partial charge in [-0.1, -0.05) is 0 Å². The van der Waals surface area contributed by atoms with Crippen molar-refractivity contribution in [2.75, 3.05) is 0 Å². The number of aryl methyl sites for hydroxylation is 1. The molecule has 0 aliphatic rings. The van der Waals surface area contributed by atoms with Crippen LogP contribution in [0.25, 0.3) is 11.2 Å². The number of nitrogens with zero attached hydrogens (tertiary/aromatic N) is 3. The molecular formula is C6H5BrN4O. The number of hydrogen-bond donors (Lipinski definition) is 1. The molecule has 0 aliphatic carbocycles. The standard InChI is InChI=1S/C6H5BrN4O/c1-11-4-3(10-6(11)7)5(12)9-2-8-4/h2H,1H3,(H,8,9,12). The highest BCUT2D eigenvalue weighted by molar-refractivity contribution is 9.10. The van der Waals surface area contributed by atoms with E-state index in [0.29, 0.717) is 15.9 Å². The number of rotatable bonds is 0. The van der Waals surface area contributed by atoms with Gasteiger partial charge in [-0.2, -0.15) is 0 Å². The van der Waals surface area contributed by atoms with Crippen molar-refractivity contribution in [1.29, 1.82) is 0 Å². The molecule has 6 heteroatoms. The van der Waals surface area contributed by atoms with E-state index in [1.807, 2.05) is 0 Å². The lowest BCUT2D eigenvalue weighted by molar-refractivity contribution is 0.896. The van der Waals surface area contributed by atoms with Crippen LogP contribution in [-0.4, -0.2) is 19.5 Å². The Morgan fingerprint density at radius 2 is 2.42 bits per heavy atom. The highest BCUT2D eigenvalue weighted by atomic mass is 79.9. The van der Waals surface area contributed by atoms with Gasteiger partial charge in [-0.3, -0.25) is 4.79 Å². The number of fused-ring (bicyclic) bond motifs is 1. The molecule has 2 aromatic heterocycles. The van der Waals surface area contributed by atoms with Gasteiger partial charge >= 0.3 is 0 Å². The fraction of sp³-hybridized carbons (Fsp3) is 0.167. The predicted molar refractivity (Wildman–Crippen MR) is 46.8 cm³/mol. The van der Waals surface area contributed by atoms with Gasteiger partial charge in [0.05, 0.1) is 6.33 Å². The third-order valence-electron chi connectivity index (χ3n) is 1.61. The summed E-state index contributed by atoms with van der Waals surface area (Å²) in [5.74, 6) is 0. The summed E-state index contributed by atoms with van der Waals surface area (Å²) in [5, 5.41) is 0. The van der Waals surface area contributed by atoms with Gasteiger partial charge in [0.2, 0.25) is 0 Å². The first-order chi connectivity index (χ1) is 5.70. The van der Waals surface area contributed by atoms with Crippen LogP contribution < -0.4 is 5.56 Å². The zero-order valence-electron chi connectivity index (χ0n) is 6.21. The SMILES string of the molecule is Cn1c(Br)nc2c(=O)[nH]cnc21. The van der Waals surface area contributed by atoms with Crippen LogP contribution in [0.5, 0.6) is 0 Å². The quantitative estimate of drug-likeness (QED) is 0.666. The van der Waals surface area contributed by atoms with Crippen molar-refractivity contribution in [2.24, 2.45) is 7.05 Å². The monoisotopic (exact) mass is 228 g/mol. The smallest absolute Gasteiger partial charge is 0.278 e. The summed E-state index contributed by atoms with van der Waals surface area (Å²) >= 11 is 3.20. The first-order valence-corrected chi connectivity index (χ1v) is 4.05. The molecule has 5 nitrogen and oxygen atoms in total. The first kappa shape index (κ1) is 7.48. The molecule has 0 fully saturated rings. The third-order valence-corrected chi connectivity index (χ3v) is 2.32. The fourth-order valence-electron chi connectivity index (χ4n) is 0.984. The van der Waals surface area contributed by atoms with Gasteiger partial charge in [0.15, 0.2) is 15.9 Å². The second kappa shape index (κ2) is 2.41. The summed E-state index contributed by atoms with van der Waals surface area (Å²) in [7, 11) is 1.78. The summed E-state index contributed by atoms with van der Waals surface area (Å²) in [5.41, 5.74) is 0.707. The largest absolute Gasteiger partial charge is 0.311 e. The van der Waals surface area contributed by atoms with Crippen molar-refractivity contribution < 1.29 is 0 Å². The minimum atomic E-state index is -0.221. The Labute approximate surface area is 75.6 Å². The average Bonchev–Trinajstić information content (AvgIpc) is 2.32. The van der Waals surface area contributed by atoms with E-state index in [9.17, 15) is 4.79 Å². The molecule has 0 spiro atoms. The maximum Gasteiger partial charge on any atom is 0.278 e. The molecule has 2 heterocycles. The Morgan fingerprint density at radius 3 is 3.08 bits per heavy atom. The number of aromatic amines is 1. The van der Waals surface area contributed by atoms with Gasteiger partial charge in [-0.15, -0.1) is 0 Å². The number of H-pyrrole nitrogens is 1. The van der Waals surface area contributed by atoms with Crippen LogP contribution in [0.1, 0.15) is 0 Å². The molecule has 2 aromatic rings. The molecule has 0 saturated heterocycles. The normalized spacial score (nSPS) is 10.8. The summed E-state index contributed by atoms with van der Waals surface area (Å²) in [6.07, 6.45) is 1.36. The molecule has 0 bridgehead atoms. The number of halogens is 1. The molecule has 0 saturated carbocycles. The van der Waals surface area contributed by atoms with E-state index in [0.717, 1.165) is 0 Å². The minimum Gasteiger partial charge on any atom is -0.311 e. The molecule has 0 aromatic carbocycles. The van der Waals surface area contributed by atoms with Crippen LogP contribution >= 0.6 is 15.9 Å². The number of aromatic nitrogens is 4. The van der Waals surface area contributed by atoms with E-state index >= 15 is 0 Å². The molecule has 2 rings (SSSR count). The van der Waals surface area contributed by atoms with Crippen LogP contribution in [-0.2, 0) is 7.05 Å². The molecule has 0 unspecified atom stereocenters. The lowest BCUT2D eigenvalue weighted by Gasteiger charge is -1.91. The average molecular weight is 229 g/mol. The maximum absolute atomic E-state index is 11.2. The van der Waals surface area contributed by atoms with Gasteiger partial charge in [-0.05, 0) is 15.9 Å². The zero-order chi connectivity index (χ0) is 8.72. The summed E-state index contributed by atoms with van der Waals surface area (Å²) < 4.78 is 2.30. The highest BCUT2D eigenvalue weighted by Gasteiger charge is 2.08. The molecule has 0 atom stereocenters. The Morgan fingerprint density at radius 1 is 1.67 bits per heavy atom. The van der Waals surface area contributed by atoms with Gasteiger partial charge in [0, 0.05) is 7.05 Å². The summed E-state index contributed by atoms with van der Waals surface area (Å²) in [6, 6.07) is 0. The van der Waals surface area contributed by atoms with Gasteiger partial charge in [0.1, 0.15) is 0 Å². The van der Waals surface area contributed by atoms with Crippen LogP contribution in [0.15, 0.2) is 15.9 Å². The molecule has 0 amide bonds. The Hall–Kier alpha value is -1.17. The van der Waals surface area contributed by atoms with Crippen molar-refractivity contribution in [3.63, 3.8) is 0 Å². The van der Waals surface area contributed by atoms with Crippen molar-refractivity contribution in [3.05, 3.63) is 21.4 Å². The molecule has 0 aliphatic heterocycles. The van der Waals surface area contributed by atoms with Crippen molar-refractivity contribution >= 4 is 27.1 Å². The minimum absolute atomic E-state index is 0.221. The molecular weight excluding hydrogens is 224 g/mol. The van der Waals surface area contributed by atoms with E-state index in [4.69, 9.17) is 0 Å². The van der Waals surface area contributed by atoms with E-state index < -0.39 is 0 Å². The van der Waals surface area contributed by atoms with E-state index in [2.05, 4.69) is 30.9 Å². The van der Waals surface area contributed by atoms with Crippen molar-refractivity contribution in [2.45, 2.75) is 0 Å². The van der Waals surface area contributed by atoms with Gasteiger partial charge in [0.25, 0.3) is 5.56 Å². The second-order valence-corrected chi connectivity index (χ2v) is 3.05. The lowest BCUT2D eigenvalue weighted by Crippen LogP contribution is -2.06. The van der Waals surface area contributed by atoms with Crippen LogP contribution in [0.4, 0.5) is 0 Å². The number of imidazole rings is 1. The fourth-order valence-corrected chi connectivity index (χ4v) is 1.33. The van der Waals surface area contributed by atoms with E-state index in [-0.39, 0.29) is 5.56 Å². The molecule has 12 heavy (non-hydrogen) atoms. The number of nitrogens with one attached hydrogen (secondary N) is 1. The second-order valence-electron chi connectivity index (χ2n) is 2.34. The first-order valence-electron chi connectivity index (χ1n) is 3.26. The molecule has 0 radical (unpaired) electrons. The lowest BCUT2D eigenvalue weighted by atomic mass is 10.5. The van der Waals surface area contributed by atoms with Crippen LogP contribution in [0.3, 0.4) is 0 Å². The van der Waals surface area contributed by atoms with Gasteiger partial charge < -0.3 is 9.55 Å². The Bertz CT molecular complexity index is 486. The maximum atomic E-state index is 11.2. The van der Waals surface area contributed by atoms with E-state index in [1.165, 1.54) is 6.33 Å². The summed E-state index contributed by atoms with van der Waals surface area (Å²) in [6.45, 7) is 0. The number of hydrogen-bond acceptors (Lipinski definition) is 3. The molecule has 62 valence electrons. The Balaban J connectivity index is 3.05. The predicted octanol–water partition coefficient (Wildman–Crippen LogP) is 0.419.